The fourth-order valence-corrected chi connectivity index (χ4v) is 3.34. The zero-order valence-corrected chi connectivity index (χ0v) is 15.1. The van der Waals surface area contributed by atoms with Gasteiger partial charge >= 0.3 is 12.1 Å². The molecule has 0 N–H and O–H groups in total. The summed E-state index contributed by atoms with van der Waals surface area (Å²) in [5, 5.41) is 3.68. The molecule has 2 aromatic heterocycles. The number of halogens is 5. The normalized spacial score (nSPS) is 15.6. The summed E-state index contributed by atoms with van der Waals surface area (Å²) in [4.78, 5) is 15.1. The van der Waals surface area contributed by atoms with Gasteiger partial charge < -0.3 is 14.3 Å². The Kier molecular flexibility index (Phi) is 4.36. The minimum atomic E-state index is -4.68. The number of hydrogen-bond donors (Lipinski definition) is 0. The topological polar surface area (TPSA) is 71.2 Å². The van der Waals surface area contributed by atoms with E-state index >= 15 is 0 Å². The number of piperazine rings is 1. The van der Waals surface area contributed by atoms with Crippen LogP contribution in [0.4, 0.5) is 29.3 Å². The Balaban J connectivity index is 1.56. The van der Waals surface area contributed by atoms with Crippen LogP contribution in [0, 0.1) is 5.82 Å². The summed E-state index contributed by atoms with van der Waals surface area (Å²) in [6.45, 7) is 1.46. The highest BCUT2D eigenvalue weighted by Crippen LogP contribution is 2.32. The zero-order chi connectivity index (χ0) is 19.2. The summed E-state index contributed by atoms with van der Waals surface area (Å²) in [5.41, 5.74) is 0.454. The lowest BCUT2D eigenvalue weighted by atomic mass is 10.2. The number of anilines is 2. The molecule has 1 aliphatic rings. The van der Waals surface area contributed by atoms with E-state index in [1.807, 2.05) is 4.90 Å². The molecular weight excluding hydrogens is 436 g/mol. The van der Waals surface area contributed by atoms with E-state index in [2.05, 4.69) is 40.6 Å². The molecule has 1 fully saturated rings. The minimum Gasteiger partial charge on any atom is -0.352 e. The fraction of sp³-hybridized carbons (Fsp3) is 0.333. The molecule has 12 heteroatoms. The van der Waals surface area contributed by atoms with Crippen molar-refractivity contribution in [2.45, 2.75) is 6.18 Å². The average molecular weight is 447 g/mol. The van der Waals surface area contributed by atoms with Crippen molar-refractivity contribution in [3.63, 3.8) is 0 Å². The molecule has 0 aliphatic carbocycles. The molecular formula is C15H11BrF4N6O. The second-order valence-electron chi connectivity index (χ2n) is 5.82. The molecule has 4 rings (SSSR count). The third kappa shape index (κ3) is 3.29. The van der Waals surface area contributed by atoms with Gasteiger partial charge in [-0.15, -0.1) is 0 Å². The maximum atomic E-state index is 14.4. The van der Waals surface area contributed by atoms with Gasteiger partial charge in [-0.05, 0) is 33.2 Å². The summed E-state index contributed by atoms with van der Waals surface area (Å²) in [5.74, 6) is -1.51. The SMILES string of the molecule is Fc1ccc(Br)c2ncnc(N3CCN(c4noc(C(F)(F)F)n4)CC3)c12. The van der Waals surface area contributed by atoms with Crippen molar-refractivity contribution in [2.24, 2.45) is 0 Å². The average Bonchev–Trinajstić information content (AvgIpc) is 3.15. The Bertz CT molecular complexity index is 986. The van der Waals surface area contributed by atoms with Gasteiger partial charge in [-0.3, -0.25) is 0 Å². The maximum absolute atomic E-state index is 14.4. The highest BCUT2D eigenvalue weighted by molar-refractivity contribution is 9.10. The maximum Gasteiger partial charge on any atom is 0.471 e. The molecule has 0 bridgehead atoms. The van der Waals surface area contributed by atoms with E-state index in [9.17, 15) is 17.6 Å². The zero-order valence-electron chi connectivity index (χ0n) is 13.5. The second-order valence-corrected chi connectivity index (χ2v) is 6.68. The van der Waals surface area contributed by atoms with Crippen LogP contribution in [0.1, 0.15) is 5.89 Å². The van der Waals surface area contributed by atoms with Crippen molar-refractivity contribution in [3.05, 3.63) is 34.6 Å². The standard InChI is InChI=1S/C15H11BrF4N6O/c16-8-1-2-9(17)10-11(8)21-7-22-12(10)25-3-5-26(6-4-25)14-23-13(27-24-14)15(18,19)20/h1-2,7H,3-6H2. The van der Waals surface area contributed by atoms with E-state index in [4.69, 9.17) is 0 Å². The molecule has 0 atom stereocenters. The van der Waals surface area contributed by atoms with Gasteiger partial charge in [-0.1, -0.05) is 0 Å². The molecule has 0 radical (unpaired) electrons. The van der Waals surface area contributed by atoms with E-state index in [-0.39, 0.29) is 5.95 Å². The van der Waals surface area contributed by atoms with Gasteiger partial charge in [0, 0.05) is 30.7 Å². The number of benzene rings is 1. The molecule has 27 heavy (non-hydrogen) atoms. The quantitative estimate of drug-likeness (QED) is 0.559. The molecule has 1 saturated heterocycles. The summed E-state index contributed by atoms with van der Waals surface area (Å²) >= 11 is 3.35. The van der Waals surface area contributed by atoms with Gasteiger partial charge in [0.05, 0.1) is 10.9 Å². The van der Waals surface area contributed by atoms with E-state index in [1.165, 1.54) is 12.4 Å². The Hall–Kier alpha value is -2.50. The number of hydrogen-bond acceptors (Lipinski definition) is 7. The van der Waals surface area contributed by atoms with Crippen LogP contribution in [-0.4, -0.2) is 46.3 Å². The summed E-state index contributed by atoms with van der Waals surface area (Å²) < 4.78 is 57.1. The van der Waals surface area contributed by atoms with Crippen LogP contribution < -0.4 is 9.80 Å². The summed E-state index contributed by atoms with van der Waals surface area (Å²) in [6, 6.07) is 2.90. The molecule has 3 heterocycles. The molecule has 0 unspecified atom stereocenters. The Labute approximate surface area is 158 Å². The monoisotopic (exact) mass is 446 g/mol. The third-order valence-corrected chi connectivity index (χ3v) is 4.83. The molecule has 0 saturated carbocycles. The van der Waals surface area contributed by atoms with Crippen LogP contribution in [0.2, 0.25) is 0 Å². The van der Waals surface area contributed by atoms with E-state index in [1.54, 1.807) is 11.0 Å². The number of alkyl halides is 3. The van der Waals surface area contributed by atoms with Crippen LogP contribution >= 0.6 is 15.9 Å². The lowest BCUT2D eigenvalue weighted by molar-refractivity contribution is -0.159. The smallest absolute Gasteiger partial charge is 0.352 e. The largest absolute Gasteiger partial charge is 0.471 e. The predicted octanol–water partition coefficient (Wildman–Crippen LogP) is 3.26. The van der Waals surface area contributed by atoms with Crippen molar-refractivity contribution >= 4 is 38.6 Å². The van der Waals surface area contributed by atoms with Crippen LogP contribution in [0.15, 0.2) is 27.5 Å². The van der Waals surface area contributed by atoms with Crippen LogP contribution in [0.3, 0.4) is 0 Å². The van der Waals surface area contributed by atoms with E-state index < -0.39 is 17.9 Å². The molecule has 142 valence electrons. The van der Waals surface area contributed by atoms with E-state index in [0.29, 0.717) is 47.4 Å². The molecule has 1 aromatic carbocycles. The molecule has 0 spiro atoms. The number of nitrogens with zero attached hydrogens (tertiary/aromatic N) is 6. The van der Waals surface area contributed by atoms with Gasteiger partial charge in [0.25, 0.3) is 5.95 Å². The summed E-state index contributed by atoms with van der Waals surface area (Å²) in [6.07, 6.45) is -3.33. The first-order chi connectivity index (χ1) is 12.8. The molecule has 7 nitrogen and oxygen atoms in total. The van der Waals surface area contributed by atoms with Gasteiger partial charge in [0.1, 0.15) is 18.0 Å². The Morgan fingerprint density at radius 1 is 1.04 bits per heavy atom. The van der Waals surface area contributed by atoms with Crippen molar-refractivity contribution in [1.82, 2.24) is 20.1 Å². The van der Waals surface area contributed by atoms with Gasteiger partial charge in [-0.25, -0.2) is 14.4 Å². The lowest BCUT2D eigenvalue weighted by Crippen LogP contribution is -2.47. The van der Waals surface area contributed by atoms with Gasteiger partial charge in [-0.2, -0.15) is 18.2 Å². The lowest BCUT2D eigenvalue weighted by Gasteiger charge is -2.35. The Morgan fingerprint density at radius 2 is 1.74 bits per heavy atom. The second kappa shape index (κ2) is 6.59. The molecule has 3 aromatic rings. The van der Waals surface area contributed by atoms with Crippen molar-refractivity contribution in [1.29, 1.82) is 0 Å². The number of aromatic nitrogens is 4. The fourth-order valence-electron chi connectivity index (χ4n) is 2.90. The van der Waals surface area contributed by atoms with Gasteiger partial charge in [0.2, 0.25) is 0 Å². The van der Waals surface area contributed by atoms with Crippen LogP contribution in [0.25, 0.3) is 10.9 Å². The van der Waals surface area contributed by atoms with E-state index in [0.717, 1.165) is 0 Å². The van der Waals surface area contributed by atoms with Crippen LogP contribution in [0.5, 0.6) is 0 Å². The van der Waals surface area contributed by atoms with Gasteiger partial charge in [0.15, 0.2) is 0 Å². The summed E-state index contributed by atoms with van der Waals surface area (Å²) in [7, 11) is 0. The van der Waals surface area contributed by atoms with Crippen LogP contribution in [-0.2, 0) is 6.18 Å². The van der Waals surface area contributed by atoms with Crippen molar-refractivity contribution in [3.8, 4) is 0 Å². The molecule has 1 aliphatic heterocycles. The highest BCUT2D eigenvalue weighted by atomic mass is 79.9. The van der Waals surface area contributed by atoms with Crippen molar-refractivity contribution in [2.75, 3.05) is 36.0 Å². The minimum absolute atomic E-state index is 0.122. The highest BCUT2D eigenvalue weighted by Gasteiger charge is 2.39. The van der Waals surface area contributed by atoms with Crippen molar-refractivity contribution < 1.29 is 22.1 Å². The first-order valence-corrected chi connectivity index (χ1v) is 8.63. The number of rotatable bonds is 2. The first-order valence-electron chi connectivity index (χ1n) is 7.84. The number of fused-ring (bicyclic) bond motifs is 1. The predicted molar refractivity (Wildman–Crippen MR) is 90.9 cm³/mol. The first kappa shape index (κ1) is 17.9. The Morgan fingerprint density at radius 3 is 2.41 bits per heavy atom. The third-order valence-electron chi connectivity index (χ3n) is 4.19. The molecule has 0 amide bonds.